The van der Waals surface area contributed by atoms with Gasteiger partial charge < -0.3 is 4.74 Å². The number of hydrogen-bond acceptors (Lipinski definition) is 4. The molecule has 0 aliphatic heterocycles. The van der Waals surface area contributed by atoms with Crippen LogP contribution >= 0.6 is 0 Å². The zero-order valence-corrected chi connectivity index (χ0v) is 12.2. The molecule has 5 nitrogen and oxygen atoms in total. The summed E-state index contributed by atoms with van der Waals surface area (Å²) in [6, 6.07) is 4.39. The van der Waals surface area contributed by atoms with Gasteiger partial charge in [-0.2, -0.15) is 5.26 Å². The number of sulfonamides is 1. The largest absolute Gasteiger partial charge is 0.383 e. The van der Waals surface area contributed by atoms with Crippen molar-refractivity contribution in [3.05, 3.63) is 29.6 Å². The van der Waals surface area contributed by atoms with Crippen molar-refractivity contribution in [2.24, 2.45) is 0 Å². The number of nitriles is 1. The van der Waals surface area contributed by atoms with E-state index in [1.54, 1.807) is 6.07 Å². The van der Waals surface area contributed by atoms with Crippen LogP contribution in [0.3, 0.4) is 0 Å². The molecule has 0 aliphatic carbocycles. The summed E-state index contributed by atoms with van der Waals surface area (Å²) in [5.41, 5.74) is -0.299. The summed E-state index contributed by atoms with van der Waals surface area (Å²) in [4.78, 5) is -0.132. The minimum absolute atomic E-state index is 0.132. The lowest BCUT2D eigenvalue weighted by Crippen LogP contribution is -2.37. The third kappa shape index (κ3) is 4.27. The Balaban J connectivity index is 3.01. The molecule has 0 bridgehead atoms. The average molecular weight is 300 g/mol. The van der Waals surface area contributed by atoms with Crippen LogP contribution in [0.4, 0.5) is 4.39 Å². The molecule has 1 rings (SSSR count). The van der Waals surface area contributed by atoms with Gasteiger partial charge in [-0.05, 0) is 24.6 Å². The molecule has 0 saturated heterocycles. The van der Waals surface area contributed by atoms with Crippen LogP contribution in [0.5, 0.6) is 0 Å². The number of hydrogen-bond donors (Lipinski definition) is 1. The fourth-order valence-electron chi connectivity index (χ4n) is 1.77. The van der Waals surface area contributed by atoms with E-state index in [4.69, 9.17) is 10.00 Å². The Hall–Kier alpha value is -1.49. The maximum absolute atomic E-state index is 13.2. The molecule has 20 heavy (non-hydrogen) atoms. The van der Waals surface area contributed by atoms with Gasteiger partial charge in [0.1, 0.15) is 11.9 Å². The van der Waals surface area contributed by atoms with Crippen molar-refractivity contribution < 1.29 is 17.5 Å². The molecule has 110 valence electrons. The van der Waals surface area contributed by atoms with E-state index in [0.717, 1.165) is 24.6 Å². The van der Waals surface area contributed by atoms with Gasteiger partial charge in [-0.15, -0.1) is 0 Å². The summed E-state index contributed by atoms with van der Waals surface area (Å²) in [6.45, 7) is 2.18. The number of nitrogens with zero attached hydrogens (tertiary/aromatic N) is 1. The van der Waals surface area contributed by atoms with E-state index >= 15 is 0 Å². The molecule has 0 amide bonds. The normalized spacial score (nSPS) is 12.9. The monoisotopic (exact) mass is 300 g/mol. The van der Waals surface area contributed by atoms with Gasteiger partial charge in [-0.1, -0.05) is 13.3 Å². The Morgan fingerprint density at radius 2 is 2.20 bits per heavy atom. The van der Waals surface area contributed by atoms with Gasteiger partial charge in [-0.25, -0.2) is 17.5 Å². The fourth-order valence-corrected chi connectivity index (χ4v) is 3.05. The van der Waals surface area contributed by atoms with Gasteiger partial charge >= 0.3 is 0 Å². The highest BCUT2D eigenvalue weighted by atomic mass is 32.2. The molecule has 0 aromatic heterocycles. The second-order valence-electron chi connectivity index (χ2n) is 4.32. The molecule has 1 unspecified atom stereocenters. The van der Waals surface area contributed by atoms with Gasteiger partial charge in [0, 0.05) is 13.2 Å². The van der Waals surface area contributed by atoms with E-state index < -0.39 is 15.8 Å². The molecule has 0 fully saturated rings. The van der Waals surface area contributed by atoms with Gasteiger partial charge in [0.25, 0.3) is 0 Å². The molecule has 0 spiro atoms. The Labute approximate surface area is 118 Å². The molecule has 1 atom stereocenters. The average Bonchev–Trinajstić information content (AvgIpc) is 2.39. The standard InChI is InChI=1S/C13H17FN2O3S/c1-3-4-11(9-19-2)16-20(17,18)12-5-6-13(14)10(7-12)8-15/h5-7,11,16H,3-4,9H2,1-2H3. The van der Waals surface area contributed by atoms with Crippen LogP contribution in [0.1, 0.15) is 25.3 Å². The van der Waals surface area contributed by atoms with Crippen molar-refractivity contribution in [1.29, 1.82) is 5.26 Å². The predicted molar refractivity (Wildman–Crippen MR) is 72.0 cm³/mol. The molecule has 0 aliphatic rings. The summed E-state index contributed by atoms with van der Waals surface area (Å²) < 4.78 is 45.0. The van der Waals surface area contributed by atoms with Crippen molar-refractivity contribution in [2.45, 2.75) is 30.7 Å². The third-order valence-corrected chi connectivity index (χ3v) is 4.21. The number of methoxy groups -OCH3 is 1. The van der Waals surface area contributed by atoms with Crippen LogP contribution < -0.4 is 4.72 Å². The minimum Gasteiger partial charge on any atom is -0.383 e. The van der Waals surface area contributed by atoms with E-state index in [2.05, 4.69) is 4.72 Å². The first-order valence-corrected chi connectivity index (χ1v) is 7.63. The second-order valence-corrected chi connectivity index (χ2v) is 6.03. The Morgan fingerprint density at radius 1 is 1.50 bits per heavy atom. The summed E-state index contributed by atoms with van der Waals surface area (Å²) in [6.07, 6.45) is 1.42. The van der Waals surface area contributed by atoms with Crippen LogP contribution in [0, 0.1) is 17.1 Å². The highest BCUT2D eigenvalue weighted by Crippen LogP contribution is 2.15. The third-order valence-electron chi connectivity index (χ3n) is 2.70. The van der Waals surface area contributed by atoms with Gasteiger partial charge in [-0.3, -0.25) is 0 Å². The summed E-state index contributed by atoms with van der Waals surface area (Å²) in [7, 11) is -2.31. The quantitative estimate of drug-likeness (QED) is 0.832. The highest BCUT2D eigenvalue weighted by molar-refractivity contribution is 7.89. The Morgan fingerprint density at radius 3 is 2.75 bits per heavy atom. The summed E-state index contributed by atoms with van der Waals surface area (Å²) in [5, 5.41) is 8.73. The molecule has 0 heterocycles. The molecular formula is C13H17FN2O3S. The van der Waals surface area contributed by atoms with Gasteiger partial charge in [0.05, 0.1) is 17.1 Å². The first-order valence-electron chi connectivity index (χ1n) is 6.15. The van der Waals surface area contributed by atoms with Crippen molar-refractivity contribution in [1.82, 2.24) is 4.72 Å². The molecule has 1 N–H and O–H groups in total. The number of benzene rings is 1. The molecule has 1 aromatic carbocycles. The Bertz CT molecular complexity index is 590. The molecular weight excluding hydrogens is 283 g/mol. The lowest BCUT2D eigenvalue weighted by atomic mass is 10.2. The van der Waals surface area contributed by atoms with Gasteiger partial charge in [0.15, 0.2) is 0 Å². The number of halogens is 1. The second kappa shape index (κ2) is 7.33. The lowest BCUT2D eigenvalue weighted by molar-refractivity contribution is 0.171. The maximum atomic E-state index is 13.2. The van der Waals surface area contributed by atoms with E-state index in [1.165, 1.54) is 7.11 Å². The van der Waals surface area contributed by atoms with Crippen LogP contribution in [0.2, 0.25) is 0 Å². The topological polar surface area (TPSA) is 79.2 Å². The van der Waals surface area contributed by atoms with E-state index in [9.17, 15) is 12.8 Å². The van der Waals surface area contributed by atoms with Crippen LogP contribution in [-0.2, 0) is 14.8 Å². The summed E-state index contributed by atoms with van der Waals surface area (Å²) in [5.74, 6) is -0.742. The SMILES string of the molecule is CCCC(COC)NS(=O)(=O)c1ccc(F)c(C#N)c1. The van der Waals surface area contributed by atoms with E-state index in [-0.39, 0.29) is 23.1 Å². The molecule has 0 radical (unpaired) electrons. The van der Waals surface area contributed by atoms with Crippen molar-refractivity contribution in [2.75, 3.05) is 13.7 Å². The lowest BCUT2D eigenvalue weighted by Gasteiger charge is -2.17. The smallest absolute Gasteiger partial charge is 0.240 e. The molecule has 7 heteroatoms. The zero-order valence-electron chi connectivity index (χ0n) is 11.4. The number of rotatable bonds is 7. The Kier molecular flexibility index (Phi) is 6.07. The van der Waals surface area contributed by atoms with Crippen LogP contribution in [0.15, 0.2) is 23.1 Å². The van der Waals surface area contributed by atoms with Crippen LogP contribution in [0.25, 0.3) is 0 Å². The van der Waals surface area contributed by atoms with Gasteiger partial charge in [0.2, 0.25) is 10.0 Å². The van der Waals surface area contributed by atoms with Crippen LogP contribution in [-0.4, -0.2) is 28.2 Å². The first-order chi connectivity index (χ1) is 9.44. The van der Waals surface area contributed by atoms with Crippen molar-refractivity contribution in [3.63, 3.8) is 0 Å². The predicted octanol–water partition coefficient (Wildman–Crippen LogP) is 1.79. The number of ether oxygens (including phenoxy) is 1. The van der Waals surface area contributed by atoms with Crippen molar-refractivity contribution >= 4 is 10.0 Å². The minimum atomic E-state index is -3.80. The van der Waals surface area contributed by atoms with Crippen molar-refractivity contribution in [3.8, 4) is 6.07 Å². The summed E-state index contributed by atoms with van der Waals surface area (Å²) >= 11 is 0. The fraction of sp³-hybridized carbons (Fsp3) is 0.462. The molecule has 0 saturated carbocycles. The highest BCUT2D eigenvalue weighted by Gasteiger charge is 2.20. The van der Waals surface area contributed by atoms with E-state index in [1.807, 2.05) is 6.92 Å². The first kappa shape index (κ1) is 16.6. The maximum Gasteiger partial charge on any atom is 0.240 e. The number of nitrogens with one attached hydrogen (secondary N) is 1. The zero-order chi connectivity index (χ0) is 15.2. The van der Waals surface area contributed by atoms with E-state index in [0.29, 0.717) is 6.42 Å². The molecule has 1 aromatic rings.